The van der Waals surface area contributed by atoms with Crippen LogP contribution in [0.25, 0.3) is 0 Å². The SMILES string of the molecule is C[C@H](Sc1nnc(N)s1)C(=O)N[C@@H](C)c1ccc(F)cc1. The summed E-state index contributed by atoms with van der Waals surface area (Å²) in [4.78, 5) is 12.1. The number of benzene rings is 1. The molecule has 0 unspecified atom stereocenters. The molecule has 0 bridgehead atoms. The molecule has 0 saturated carbocycles. The maximum atomic E-state index is 12.9. The smallest absolute Gasteiger partial charge is 0.233 e. The van der Waals surface area contributed by atoms with Crippen molar-refractivity contribution < 1.29 is 9.18 Å². The number of amides is 1. The van der Waals surface area contributed by atoms with E-state index in [1.165, 1.54) is 35.2 Å². The van der Waals surface area contributed by atoms with E-state index in [0.29, 0.717) is 9.47 Å². The molecule has 2 aromatic rings. The van der Waals surface area contributed by atoms with Crippen LogP contribution < -0.4 is 11.1 Å². The minimum absolute atomic E-state index is 0.120. The Kier molecular flexibility index (Phi) is 5.13. The van der Waals surface area contributed by atoms with Crippen LogP contribution in [0.3, 0.4) is 0 Å². The number of thioether (sulfide) groups is 1. The van der Waals surface area contributed by atoms with Gasteiger partial charge in [0.25, 0.3) is 0 Å². The van der Waals surface area contributed by atoms with Crippen molar-refractivity contribution in [2.45, 2.75) is 29.5 Å². The van der Waals surface area contributed by atoms with Gasteiger partial charge in [-0.15, -0.1) is 10.2 Å². The fraction of sp³-hybridized carbons (Fsp3) is 0.308. The van der Waals surface area contributed by atoms with E-state index < -0.39 is 0 Å². The van der Waals surface area contributed by atoms with E-state index in [9.17, 15) is 9.18 Å². The highest BCUT2D eigenvalue weighted by molar-refractivity contribution is 8.02. The van der Waals surface area contributed by atoms with Crippen LogP contribution in [0, 0.1) is 5.82 Å². The summed E-state index contributed by atoms with van der Waals surface area (Å²) in [5.74, 6) is -0.416. The van der Waals surface area contributed by atoms with E-state index in [4.69, 9.17) is 5.73 Å². The number of halogens is 1. The number of nitrogens with zero attached hydrogens (tertiary/aromatic N) is 2. The Bertz CT molecular complexity index is 617. The average molecular weight is 326 g/mol. The predicted octanol–water partition coefficient (Wildman–Crippen LogP) is 2.62. The van der Waals surface area contributed by atoms with Crippen LogP contribution in [0.1, 0.15) is 25.5 Å². The Labute approximate surface area is 130 Å². The number of aromatic nitrogens is 2. The summed E-state index contributed by atoms with van der Waals surface area (Å²) in [6.45, 7) is 3.64. The first kappa shape index (κ1) is 15.7. The van der Waals surface area contributed by atoms with E-state index in [-0.39, 0.29) is 23.0 Å². The summed E-state index contributed by atoms with van der Waals surface area (Å²) >= 11 is 2.55. The van der Waals surface area contributed by atoms with Crippen LogP contribution in [0.4, 0.5) is 9.52 Å². The molecule has 1 amide bonds. The molecule has 2 rings (SSSR count). The summed E-state index contributed by atoms with van der Waals surface area (Å²) in [7, 11) is 0. The standard InChI is InChI=1S/C13H15FN4OS2/c1-7(9-3-5-10(14)6-4-9)16-11(19)8(2)20-13-18-17-12(15)21-13/h3-8H,1-2H3,(H2,15,17)(H,16,19)/t7-,8-/m0/s1. The van der Waals surface area contributed by atoms with Gasteiger partial charge in [0.1, 0.15) is 5.82 Å². The molecule has 1 aromatic heterocycles. The second-order valence-electron chi connectivity index (χ2n) is 4.45. The second-order valence-corrected chi connectivity index (χ2v) is 7.05. The van der Waals surface area contributed by atoms with Crippen LogP contribution in [0.5, 0.6) is 0 Å². The van der Waals surface area contributed by atoms with Crippen molar-refractivity contribution in [3.63, 3.8) is 0 Å². The second kappa shape index (κ2) is 6.86. The van der Waals surface area contributed by atoms with E-state index in [2.05, 4.69) is 15.5 Å². The summed E-state index contributed by atoms with van der Waals surface area (Å²) in [5, 5.41) is 10.5. The molecular weight excluding hydrogens is 311 g/mol. The highest BCUT2D eigenvalue weighted by atomic mass is 32.2. The maximum absolute atomic E-state index is 12.9. The van der Waals surface area contributed by atoms with Gasteiger partial charge in [-0.25, -0.2) is 4.39 Å². The third-order valence-electron chi connectivity index (χ3n) is 2.80. The average Bonchev–Trinajstić information content (AvgIpc) is 2.84. The number of anilines is 1. The first-order valence-corrected chi connectivity index (χ1v) is 7.97. The topological polar surface area (TPSA) is 80.9 Å². The molecule has 5 nitrogen and oxygen atoms in total. The Morgan fingerprint density at radius 3 is 2.57 bits per heavy atom. The quantitative estimate of drug-likeness (QED) is 0.826. The molecule has 0 aliphatic rings. The third-order valence-corrected chi connectivity index (χ3v) is 4.73. The largest absolute Gasteiger partial charge is 0.374 e. The molecular formula is C13H15FN4OS2. The summed E-state index contributed by atoms with van der Waals surface area (Å²) in [6.07, 6.45) is 0. The van der Waals surface area contributed by atoms with Gasteiger partial charge in [-0.1, -0.05) is 35.2 Å². The van der Waals surface area contributed by atoms with Crippen molar-refractivity contribution in [2.75, 3.05) is 5.73 Å². The Morgan fingerprint density at radius 1 is 1.33 bits per heavy atom. The number of nitrogens with one attached hydrogen (secondary N) is 1. The van der Waals surface area contributed by atoms with Crippen molar-refractivity contribution in [2.24, 2.45) is 0 Å². The third kappa shape index (κ3) is 4.40. The van der Waals surface area contributed by atoms with Crippen molar-refractivity contribution in [3.8, 4) is 0 Å². The Morgan fingerprint density at radius 2 is 2.00 bits per heavy atom. The van der Waals surface area contributed by atoms with Gasteiger partial charge < -0.3 is 11.1 Å². The van der Waals surface area contributed by atoms with Gasteiger partial charge in [0, 0.05) is 0 Å². The summed E-state index contributed by atoms with van der Waals surface area (Å²) in [6, 6.07) is 5.87. The number of carbonyl (C=O) groups is 1. The van der Waals surface area contributed by atoms with Gasteiger partial charge in [-0.05, 0) is 31.5 Å². The molecule has 3 N–H and O–H groups in total. The van der Waals surface area contributed by atoms with Crippen LogP contribution >= 0.6 is 23.1 Å². The zero-order valence-corrected chi connectivity index (χ0v) is 13.2. The first-order valence-electron chi connectivity index (χ1n) is 6.27. The predicted molar refractivity (Wildman–Crippen MR) is 82.6 cm³/mol. The van der Waals surface area contributed by atoms with Crippen molar-refractivity contribution in [3.05, 3.63) is 35.6 Å². The minimum Gasteiger partial charge on any atom is -0.374 e. The Hall–Kier alpha value is -1.67. The van der Waals surface area contributed by atoms with Gasteiger partial charge in [0.05, 0.1) is 11.3 Å². The van der Waals surface area contributed by atoms with Gasteiger partial charge in [0.2, 0.25) is 11.0 Å². The number of carbonyl (C=O) groups excluding carboxylic acids is 1. The number of nitrogen functional groups attached to an aromatic ring is 1. The fourth-order valence-electron chi connectivity index (χ4n) is 1.64. The van der Waals surface area contributed by atoms with E-state index in [1.54, 1.807) is 19.1 Å². The van der Waals surface area contributed by atoms with E-state index in [0.717, 1.165) is 5.56 Å². The molecule has 1 heterocycles. The molecule has 0 aliphatic heterocycles. The van der Waals surface area contributed by atoms with Crippen molar-refractivity contribution in [1.82, 2.24) is 15.5 Å². The lowest BCUT2D eigenvalue weighted by Gasteiger charge is -2.17. The normalized spacial score (nSPS) is 13.7. The van der Waals surface area contributed by atoms with Crippen molar-refractivity contribution in [1.29, 1.82) is 0 Å². The molecule has 0 saturated heterocycles. The summed E-state index contributed by atoms with van der Waals surface area (Å²) in [5.41, 5.74) is 6.35. The molecule has 1 aromatic carbocycles. The summed E-state index contributed by atoms with van der Waals surface area (Å²) < 4.78 is 13.5. The van der Waals surface area contributed by atoms with E-state index in [1.807, 2.05) is 6.92 Å². The minimum atomic E-state index is -0.319. The van der Waals surface area contributed by atoms with Crippen LogP contribution in [-0.2, 0) is 4.79 Å². The zero-order chi connectivity index (χ0) is 15.4. The lowest BCUT2D eigenvalue weighted by Crippen LogP contribution is -2.33. The number of hydrogen-bond acceptors (Lipinski definition) is 6. The molecule has 21 heavy (non-hydrogen) atoms. The first-order chi connectivity index (χ1) is 9.95. The molecule has 8 heteroatoms. The molecule has 0 radical (unpaired) electrons. The molecule has 0 fully saturated rings. The number of rotatable bonds is 5. The van der Waals surface area contributed by atoms with Gasteiger partial charge in [-0.2, -0.15) is 0 Å². The molecule has 2 atom stereocenters. The van der Waals surface area contributed by atoms with Crippen LogP contribution in [-0.4, -0.2) is 21.4 Å². The van der Waals surface area contributed by atoms with Gasteiger partial charge in [0.15, 0.2) is 4.34 Å². The lowest BCUT2D eigenvalue weighted by molar-refractivity contribution is -0.120. The lowest BCUT2D eigenvalue weighted by atomic mass is 10.1. The number of hydrogen-bond donors (Lipinski definition) is 2. The zero-order valence-electron chi connectivity index (χ0n) is 11.5. The molecule has 0 spiro atoms. The molecule has 0 aliphatic carbocycles. The maximum Gasteiger partial charge on any atom is 0.233 e. The van der Waals surface area contributed by atoms with E-state index >= 15 is 0 Å². The van der Waals surface area contributed by atoms with Crippen molar-refractivity contribution >= 4 is 34.1 Å². The molecule has 112 valence electrons. The van der Waals surface area contributed by atoms with Crippen LogP contribution in [0.15, 0.2) is 28.6 Å². The number of nitrogens with two attached hydrogens (primary N) is 1. The fourth-order valence-corrected chi connectivity index (χ4v) is 3.43. The highest BCUT2D eigenvalue weighted by Gasteiger charge is 2.19. The van der Waals surface area contributed by atoms with Gasteiger partial charge >= 0.3 is 0 Å². The van der Waals surface area contributed by atoms with Crippen LogP contribution in [0.2, 0.25) is 0 Å². The highest BCUT2D eigenvalue weighted by Crippen LogP contribution is 2.27. The Balaban J connectivity index is 1.92. The monoisotopic (exact) mass is 326 g/mol. The van der Waals surface area contributed by atoms with Gasteiger partial charge in [-0.3, -0.25) is 4.79 Å².